The van der Waals surface area contributed by atoms with E-state index in [0.717, 1.165) is 0 Å². The van der Waals surface area contributed by atoms with Crippen LogP contribution < -0.4 is 0 Å². The second kappa shape index (κ2) is 4.93. The summed E-state index contributed by atoms with van der Waals surface area (Å²) in [5.74, 6) is -2.77. The minimum absolute atomic E-state index is 0.454. The van der Waals surface area contributed by atoms with Crippen LogP contribution in [0.1, 0.15) is 19.3 Å². The van der Waals surface area contributed by atoms with Gasteiger partial charge >= 0.3 is 11.9 Å². The van der Waals surface area contributed by atoms with E-state index in [4.69, 9.17) is 14.6 Å². The molecule has 15 heavy (non-hydrogen) atoms. The van der Waals surface area contributed by atoms with Crippen LogP contribution in [0.3, 0.4) is 0 Å². The molecular formula is C10H14O5. The smallest absolute Gasteiger partial charge is 0.417 e. The Morgan fingerprint density at radius 3 is 2.53 bits per heavy atom. The van der Waals surface area contributed by atoms with Crippen LogP contribution in [0.25, 0.3) is 0 Å². The summed E-state index contributed by atoms with van der Waals surface area (Å²) >= 11 is 0. The number of hydrogen-bond acceptors (Lipinski definition) is 4. The quantitative estimate of drug-likeness (QED) is 0.426. The summed E-state index contributed by atoms with van der Waals surface area (Å²) in [7, 11) is 0. The second-order valence-electron chi connectivity index (χ2n) is 3.48. The first-order valence-corrected chi connectivity index (χ1v) is 4.74. The van der Waals surface area contributed by atoms with Gasteiger partial charge in [-0.15, -0.1) is 6.58 Å². The molecule has 0 saturated carbocycles. The molecule has 0 radical (unpaired) electrons. The molecule has 0 aromatic carbocycles. The molecule has 1 aliphatic rings. The molecule has 1 heterocycles. The van der Waals surface area contributed by atoms with Crippen molar-refractivity contribution >= 4 is 11.9 Å². The van der Waals surface area contributed by atoms with E-state index in [1.54, 1.807) is 6.08 Å². The number of hydrogen-bond donors (Lipinski definition) is 1. The highest BCUT2D eigenvalue weighted by Gasteiger charge is 2.36. The zero-order valence-electron chi connectivity index (χ0n) is 8.40. The van der Waals surface area contributed by atoms with Gasteiger partial charge in [0, 0.05) is 19.3 Å². The molecule has 0 aromatic rings. The van der Waals surface area contributed by atoms with Crippen LogP contribution in [0.4, 0.5) is 0 Å². The molecule has 1 aliphatic heterocycles. The fourth-order valence-electron chi connectivity index (χ4n) is 1.59. The maximum atomic E-state index is 11.0. The first-order valence-electron chi connectivity index (χ1n) is 4.74. The van der Waals surface area contributed by atoms with Crippen molar-refractivity contribution < 1.29 is 24.2 Å². The molecule has 1 rings (SSSR count). The zero-order valence-corrected chi connectivity index (χ0v) is 8.40. The van der Waals surface area contributed by atoms with Crippen LogP contribution in [0.5, 0.6) is 0 Å². The lowest BCUT2D eigenvalue weighted by atomic mass is 9.90. The normalized spacial score (nSPS) is 19.2. The monoisotopic (exact) mass is 214 g/mol. The third-order valence-electron chi connectivity index (χ3n) is 2.40. The zero-order chi connectivity index (χ0) is 11.3. The topological polar surface area (TPSA) is 72.8 Å². The predicted molar refractivity (Wildman–Crippen MR) is 51.3 cm³/mol. The van der Waals surface area contributed by atoms with Gasteiger partial charge in [0.1, 0.15) is 5.60 Å². The maximum Gasteiger partial charge on any atom is 0.417 e. The molecule has 0 amide bonds. The summed E-state index contributed by atoms with van der Waals surface area (Å²) in [5.41, 5.74) is -0.741. The fourth-order valence-corrected chi connectivity index (χ4v) is 1.59. The number of carboxylic acid groups (broad SMARTS) is 1. The van der Waals surface area contributed by atoms with Crippen molar-refractivity contribution in [2.24, 2.45) is 0 Å². The number of ether oxygens (including phenoxy) is 2. The minimum Gasteiger partial charge on any atom is -0.473 e. The van der Waals surface area contributed by atoms with Gasteiger partial charge in [-0.2, -0.15) is 0 Å². The molecule has 5 nitrogen and oxygen atoms in total. The van der Waals surface area contributed by atoms with Crippen LogP contribution >= 0.6 is 0 Å². The first kappa shape index (κ1) is 11.7. The Kier molecular flexibility index (Phi) is 3.85. The number of carboxylic acids is 1. The Hall–Kier alpha value is -1.36. The average molecular weight is 214 g/mol. The van der Waals surface area contributed by atoms with Gasteiger partial charge in [0.05, 0.1) is 13.2 Å². The lowest BCUT2D eigenvalue weighted by molar-refractivity contribution is -0.180. The Labute approximate surface area is 87.7 Å². The number of aliphatic carboxylic acids is 1. The Morgan fingerprint density at radius 1 is 1.47 bits per heavy atom. The van der Waals surface area contributed by atoms with Gasteiger partial charge in [-0.25, -0.2) is 9.59 Å². The summed E-state index contributed by atoms with van der Waals surface area (Å²) < 4.78 is 10.1. The van der Waals surface area contributed by atoms with E-state index in [1.165, 1.54) is 0 Å². The van der Waals surface area contributed by atoms with Gasteiger partial charge in [-0.05, 0) is 0 Å². The van der Waals surface area contributed by atoms with Crippen LogP contribution in [0.15, 0.2) is 12.7 Å². The maximum absolute atomic E-state index is 11.0. The molecule has 0 spiro atoms. The highest BCUT2D eigenvalue weighted by molar-refractivity contribution is 6.28. The molecule has 1 saturated heterocycles. The van der Waals surface area contributed by atoms with Gasteiger partial charge < -0.3 is 14.6 Å². The molecule has 0 bridgehead atoms. The summed E-state index contributed by atoms with van der Waals surface area (Å²) in [6.07, 6.45) is 3.10. The van der Waals surface area contributed by atoms with Crippen LogP contribution in [0, 0.1) is 0 Å². The van der Waals surface area contributed by atoms with Crippen molar-refractivity contribution in [1.29, 1.82) is 0 Å². The molecule has 0 aliphatic carbocycles. The number of rotatable bonds is 3. The van der Waals surface area contributed by atoms with Crippen molar-refractivity contribution in [3.63, 3.8) is 0 Å². The largest absolute Gasteiger partial charge is 0.473 e. The highest BCUT2D eigenvalue weighted by atomic mass is 16.6. The van der Waals surface area contributed by atoms with Gasteiger partial charge in [0.25, 0.3) is 0 Å². The number of esters is 1. The Balaban J connectivity index is 2.67. The summed E-state index contributed by atoms with van der Waals surface area (Å²) in [6.45, 7) is 4.52. The second-order valence-corrected chi connectivity index (χ2v) is 3.48. The van der Waals surface area contributed by atoms with E-state index in [2.05, 4.69) is 6.58 Å². The van der Waals surface area contributed by atoms with Crippen LogP contribution in [0.2, 0.25) is 0 Å². The molecule has 5 heteroatoms. The molecule has 84 valence electrons. The molecule has 0 aromatic heterocycles. The van der Waals surface area contributed by atoms with Gasteiger partial charge in [0.2, 0.25) is 0 Å². The lowest BCUT2D eigenvalue weighted by Gasteiger charge is -2.35. The third-order valence-corrected chi connectivity index (χ3v) is 2.40. The van der Waals surface area contributed by atoms with Gasteiger partial charge in [-0.1, -0.05) is 6.08 Å². The highest BCUT2D eigenvalue weighted by Crippen LogP contribution is 2.29. The van der Waals surface area contributed by atoms with Crippen LogP contribution in [-0.2, 0) is 19.1 Å². The van der Waals surface area contributed by atoms with Gasteiger partial charge in [-0.3, -0.25) is 0 Å². The van der Waals surface area contributed by atoms with E-state index in [0.29, 0.717) is 32.5 Å². The van der Waals surface area contributed by atoms with Crippen molar-refractivity contribution in [1.82, 2.24) is 0 Å². The summed E-state index contributed by atoms with van der Waals surface area (Å²) in [6, 6.07) is 0. The van der Waals surface area contributed by atoms with E-state index in [-0.39, 0.29) is 0 Å². The fraction of sp³-hybridized carbons (Fsp3) is 0.600. The Morgan fingerprint density at radius 2 is 2.07 bits per heavy atom. The lowest BCUT2D eigenvalue weighted by Crippen LogP contribution is -2.42. The molecule has 1 N–H and O–H groups in total. The standard InChI is InChI=1S/C10H14O5/c1-2-3-10(4-6-14-7-5-10)15-9(13)8(11)12/h2H,1,3-7H2,(H,11,12). The Bertz CT molecular complexity index is 265. The predicted octanol–water partition coefficient (Wildman–Crippen LogP) is 0.739. The third kappa shape index (κ3) is 3.06. The molecule has 1 fully saturated rings. The number of carbonyl (C=O) groups is 2. The molecular weight excluding hydrogens is 200 g/mol. The van der Waals surface area contributed by atoms with Crippen LogP contribution in [-0.4, -0.2) is 35.9 Å². The van der Waals surface area contributed by atoms with Crippen molar-refractivity contribution in [3.05, 3.63) is 12.7 Å². The van der Waals surface area contributed by atoms with E-state index >= 15 is 0 Å². The van der Waals surface area contributed by atoms with E-state index in [1.807, 2.05) is 0 Å². The van der Waals surface area contributed by atoms with Crippen molar-refractivity contribution in [2.75, 3.05) is 13.2 Å². The SMILES string of the molecule is C=CCC1(OC(=O)C(=O)O)CCOCC1. The molecule has 0 atom stereocenters. The van der Waals surface area contributed by atoms with Crippen molar-refractivity contribution in [3.8, 4) is 0 Å². The van der Waals surface area contributed by atoms with Gasteiger partial charge in [0.15, 0.2) is 0 Å². The molecule has 0 unspecified atom stereocenters. The van der Waals surface area contributed by atoms with Crippen molar-refractivity contribution in [2.45, 2.75) is 24.9 Å². The first-order chi connectivity index (χ1) is 7.09. The number of carbonyl (C=O) groups excluding carboxylic acids is 1. The summed E-state index contributed by atoms with van der Waals surface area (Å²) in [5, 5.41) is 8.46. The summed E-state index contributed by atoms with van der Waals surface area (Å²) in [4.78, 5) is 21.4. The average Bonchev–Trinajstić information content (AvgIpc) is 2.19. The van der Waals surface area contributed by atoms with E-state index in [9.17, 15) is 9.59 Å². The van der Waals surface area contributed by atoms with E-state index < -0.39 is 17.5 Å². The minimum atomic E-state index is -1.56.